The number of aryl methyl sites for hydroxylation is 1. The molecular formula is C15H22N2O3. The summed E-state index contributed by atoms with van der Waals surface area (Å²) in [6.45, 7) is 4.03. The standard InChI is InChI=1S/C15H22N2O3/c1-9-4-3-5-11(8-9)14-16-10(2)12(15(20)17-14)6-7-13(18)19/h9,11H,3-8H2,1-2H3,(H,18,19)(H,16,17,20). The Labute approximate surface area is 118 Å². The number of hydrogen-bond acceptors (Lipinski definition) is 3. The van der Waals surface area contributed by atoms with Gasteiger partial charge in [-0.25, -0.2) is 4.98 Å². The number of aliphatic carboxylic acids is 1. The number of H-pyrrole nitrogens is 1. The first-order valence-electron chi connectivity index (χ1n) is 7.29. The van der Waals surface area contributed by atoms with Gasteiger partial charge in [-0.3, -0.25) is 9.59 Å². The maximum absolute atomic E-state index is 12.1. The van der Waals surface area contributed by atoms with Gasteiger partial charge in [0.05, 0.1) is 0 Å². The van der Waals surface area contributed by atoms with Crippen molar-refractivity contribution in [2.75, 3.05) is 0 Å². The molecule has 1 aliphatic rings. The molecule has 5 nitrogen and oxygen atoms in total. The molecule has 2 unspecified atom stereocenters. The van der Waals surface area contributed by atoms with Crippen molar-refractivity contribution in [3.63, 3.8) is 0 Å². The molecule has 20 heavy (non-hydrogen) atoms. The highest BCUT2D eigenvalue weighted by molar-refractivity contribution is 5.67. The van der Waals surface area contributed by atoms with Gasteiger partial charge in [-0.1, -0.05) is 19.8 Å². The lowest BCUT2D eigenvalue weighted by molar-refractivity contribution is -0.136. The Hall–Kier alpha value is -1.65. The number of aromatic amines is 1. The number of nitrogens with zero attached hydrogens (tertiary/aromatic N) is 1. The molecule has 5 heteroatoms. The number of rotatable bonds is 4. The van der Waals surface area contributed by atoms with Gasteiger partial charge in [0.1, 0.15) is 5.82 Å². The highest BCUT2D eigenvalue weighted by atomic mass is 16.4. The molecule has 1 aliphatic carbocycles. The molecule has 0 radical (unpaired) electrons. The van der Waals surface area contributed by atoms with E-state index in [1.54, 1.807) is 6.92 Å². The third kappa shape index (κ3) is 3.46. The van der Waals surface area contributed by atoms with Gasteiger partial charge in [0, 0.05) is 23.6 Å². The highest BCUT2D eigenvalue weighted by Gasteiger charge is 2.23. The summed E-state index contributed by atoms with van der Waals surface area (Å²) in [4.78, 5) is 30.1. The Morgan fingerprint density at radius 3 is 2.80 bits per heavy atom. The van der Waals surface area contributed by atoms with Crippen molar-refractivity contribution < 1.29 is 9.90 Å². The summed E-state index contributed by atoms with van der Waals surface area (Å²) in [5.41, 5.74) is 0.996. The lowest BCUT2D eigenvalue weighted by Crippen LogP contribution is -2.23. The van der Waals surface area contributed by atoms with Gasteiger partial charge in [0.25, 0.3) is 5.56 Å². The number of hydrogen-bond donors (Lipinski definition) is 2. The van der Waals surface area contributed by atoms with Crippen LogP contribution in [-0.4, -0.2) is 21.0 Å². The Kier molecular flexibility index (Phi) is 4.57. The normalized spacial score (nSPS) is 22.7. The van der Waals surface area contributed by atoms with E-state index in [4.69, 9.17) is 5.11 Å². The van der Waals surface area contributed by atoms with Crippen molar-refractivity contribution in [1.82, 2.24) is 9.97 Å². The average Bonchev–Trinajstić information content (AvgIpc) is 2.37. The molecule has 0 aliphatic heterocycles. The van der Waals surface area contributed by atoms with Crippen molar-refractivity contribution >= 4 is 5.97 Å². The van der Waals surface area contributed by atoms with Crippen LogP contribution in [-0.2, 0) is 11.2 Å². The Bertz CT molecular complexity index is 551. The largest absolute Gasteiger partial charge is 0.481 e. The zero-order valence-electron chi connectivity index (χ0n) is 12.1. The molecule has 2 atom stereocenters. The first kappa shape index (κ1) is 14.8. The average molecular weight is 278 g/mol. The van der Waals surface area contributed by atoms with Gasteiger partial charge in [-0.2, -0.15) is 0 Å². The summed E-state index contributed by atoms with van der Waals surface area (Å²) < 4.78 is 0. The predicted octanol–water partition coefficient (Wildman–Crippen LogP) is 2.39. The van der Waals surface area contributed by atoms with E-state index >= 15 is 0 Å². The number of carboxylic acids is 1. The maximum Gasteiger partial charge on any atom is 0.303 e. The number of aromatic nitrogens is 2. The molecule has 0 spiro atoms. The molecule has 1 aromatic rings. The van der Waals surface area contributed by atoms with Gasteiger partial charge >= 0.3 is 5.97 Å². The zero-order valence-corrected chi connectivity index (χ0v) is 12.1. The quantitative estimate of drug-likeness (QED) is 0.885. The van der Waals surface area contributed by atoms with E-state index in [1.807, 2.05) is 0 Å². The zero-order chi connectivity index (χ0) is 14.7. The second-order valence-electron chi connectivity index (χ2n) is 5.88. The van der Waals surface area contributed by atoms with E-state index in [2.05, 4.69) is 16.9 Å². The van der Waals surface area contributed by atoms with E-state index in [-0.39, 0.29) is 18.4 Å². The summed E-state index contributed by atoms with van der Waals surface area (Å²) in [7, 11) is 0. The Morgan fingerprint density at radius 2 is 2.20 bits per heavy atom. The predicted molar refractivity (Wildman–Crippen MR) is 75.9 cm³/mol. The molecule has 1 saturated carbocycles. The van der Waals surface area contributed by atoms with Crippen LogP contribution in [0.1, 0.15) is 62.0 Å². The molecule has 0 bridgehead atoms. The van der Waals surface area contributed by atoms with Crippen molar-refractivity contribution in [2.24, 2.45) is 5.92 Å². The molecule has 2 N–H and O–H groups in total. The number of carboxylic acid groups (broad SMARTS) is 1. The summed E-state index contributed by atoms with van der Waals surface area (Å²) >= 11 is 0. The monoisotopic (exact) mass is 278 g/mol. The van der Waals surface area contributed by atoms with Crippen LogP contribution < -0.4 is 5.56 Å². The summed E-state index contributed by atoms with van der Waals surface area (Å²) in [5.74, 6) is 0.886. The lowest BCUT2D eigenvalue weighted by atomic mass is 9.82. The van der Waals surface area contributed by atoms with Crippen LogP contribution >= 0.6 is 0 Å². The number of nitrogens with one attached hydrogen (secondary N) is 1. The van der Waals surface area contributed by atoms with Crippen molar-refractivity contribution in [3.8, 4) is 0 Å². The first-order chi connectivity index (χ1) is 9.47. The molecule has 1 fully saturated rings. The minimum absolute atomic E-state index is 0.0363. The molecular weight excluding hydrogens is 256 g/mol. The Balaban J connectivity index is 2.21. The van der Waals surface area contributed by atoms with Crippen molar-refractivity contribution in [3.05, 3.63) is 27.4 Å². The molecule has 2 rings (SSSR count). The molecule has 0 saturated heterocycles. The van der Waals surface area contributed by atoms with E-state index in [1.165, 1.54) is 12.8 Å². The fourth-order valence-electron chi connectivity index (χ4n) is 3.03. The van der Waals surface area contributed by atoms with Gasteiger partial charge in [-0.15, -0.1) is 0 Å². The topological polar surface area (TPSA) is 83.0 Å². The van der Waals surface area contributed by atoms with E-state index < -0.39 is 5.97 Å². The lowest BCUT2D eigenvalue weighted by Gasteiger charge is -2.26. The minimum Gasteiger partial charge on any atom is -0.481 e. The van der Waals surface area contributed by atoms with Crippen molar-refractivity contribution in [1.29, 1.82) is 0 Å². The fourth-order valence-corrected chi connectivity index (χ4v) is 3.03. The van der Waals surface area contributed by atoms with E-state index in [0.717, 1.165) is 18.7 Å². The van der Waals surface area contributed by atoms with E-state index in [0.29, 0.717) is 23.1 Å². The molecule has 1 aromatic heterocycles. The van der Waals surface area contributed by atoms with Crippen LogP contribution in [0.4, 0.5) is 0 Å². The third-order valence-corrected chi connectivity index (χ3v) is 4.15. The third-order valence-electron chi connectivity index (χ3n) is 4.15. The second-order valence-corrected chi connectivity index (χ2v) is 5.88. The molecule has 0 aromatic carbocycles. The summed E-state index contributed by atoms with van der Waals surface area (Å²) in [6, 6.07) is 0. The SMILES string of the molecule is Cc1nc(C2CCCC(C)C2)[nH]c(=O)c1CCC(=O)O. The minimum atomic E-state index is -0.894. The van der Waals surface area contributed by atoms with Gasteiger partial charge in [0.2, 0.25) is 0 Å². The fraction of sp³-hybridized carbons (Fsp3) is 0.667. The van der Waals surface area contributed by atoms with Crippen LogP contribution in [0.3, 0.4) is 0 Å². The van der Waals surface area contributed by atoms with Crippen molar-refractivity contribution in [2.45, 2.75) is 58.3 Å². The van der Waals surface area contributed by atoms with Gasteiger partial charge in [0.15, 0.2) is 0 Å². The smallest absolute Gasteiger partial charge is 0.303 e. The van der Waals surface area contributed by atoms with Gasteiger partial charge < -0.3 is 10.1 Å². The molecule has 110 valence electrons. The van der Waals surface area contributed by atoms with Crippen LogP contribution in [0.25, 0.3) is 0 Å². The van der Waals surface area contributed by atoms with Crippen LogP contribution in [0.5, 0.6) is 0 Å². The Morgan fingerprint density at radius 1 is 1.45 bits per heavy atom. The molecule has 1 heterocycles. The second kappa shape index (κ2) is 6.20. The summed E-state index contributed by atoms with van der Waals surface area (Å²) in [6.07, 6.45) is 4.76. The first-order valence-corrected chi connectivity index (χ1v) is 7.29. The number of carbonyl (C=O) groups is 1. The molecule has 0 amide bonds. The highest BCUT2D eigenvalue weighted by Crippen LogP contribution is 2.34. The van der Waals surface area contributed by atoms with Crippen LogP contribution in [0.2, 0.25) is 0 Å². The van der Waals surface area contributed by atoms with Crippen LogP contribution in [0, 0.1) is 12.8 Å². The maximum atomic E-state index is 12.1. The van der Waals surface area contributed by atoms with Crippen LogP contribution in [0.15, 0.2) is 4.79 Å². The van der Waals surface area contributed by atoms with Gasteiger partial charge in [-0.05, 0) is 32.1 Å². The summed E-state index contributed by atoms with van der Waals surface area (Å²) in [5, 5.41) is 8.71. The van der Waals surface area contributed by atoms with E-state index in [9.17, 15) is 9.59 Å².